The summed E-state index contributed by atoms with van der Waals surface area (Å²) >= 11 is 7.14. The van der Waals surface area contributed by atoms with Gasteiger partial charge in [-0.3, -0.25) is 0 Å². The first-order valence-electron chi connectivity index (χ1n) is 4.13. The number of alkyl halides is 1. The molecule has 1 aromatic heterocycles. The van der Waals surface area contributed by atoms with Crippen LogP contribution in [-0.2, 0) is 0 Å². The number of hydrogen-bond donors (Lipinski definition) is 0. The van der Waals surface area contributed by atoms with Gasteiger partial charge in [-0.15, -0.1) is 11.6 Å². The minimum absolute atomic E-state index is 0.498. The third-order valence-corrected chi connectivity index (χ3v) is 2.89. The van der Waals surface area contributed by atoms with Gasteiger partial charge in [-0.1, -0.05) is 17.4 Å². The lowest BCUT2D eigenvalue weighted by Gasteiger charge is -2.04. The lowest BCUT2D eigenvalue weighted by molar-refractivity contribution is 0.400. The number of hydrogen-bond acceptors (Lipinski definition) is 4. The topological polar surface area (TPSA) is 25.4 Å². The largest absolute Gasteiger partial charge is 0.480 e. The minimum Gasteiger partial charge on any atom is -0.480 e. The van der Waals surface area contributed by atoms with Crippen molar-refractivity contribution in [3.8, 4) is 5.88 Å². The molecule has 0 saturated carbocycles. The predicted octanol–water partition coefficient (Wildman–Crippen LogP) is 2.47. The van der Waals surface area contributed by atoms with Gasteiger partial charge in [0.25, 0.3) is 0 Å². The summed E-state index contributed by atoms with van der Waals surface area (Å²) in [7, 11) is 5.52. The highest BCUT2D eigenvalue weighted by atomic mass is 35.5. The number of rotatable bonds is 4. The van der Waals surface area contributed by atoms with Gasteiger partial charge in [-0.2, -0.15) is 4.98 Å². The first-order chi connectivity index (χ1) is 6.69. The maximum absolute atomic E-state index is 5.56. The molecule has 1 heterocycles. The molecule has 0 N–H and O–H groups in total. The lowest BCUT2D eigenvalue weighted by Crippen LogP contribution is -2.07. The maximum atomic E-state index is 5.56. The number of allylic oxidation sites excluding steroid dienone is 1. The molecule has 0 fully saturated rings. The molecule has 0 aliphatic heterocycles. The smallest absolute Gasteiger partial charge is 0.233 e. The highest BCUT2D eigenvalue weighted by Gasteiger charge is 2.09. The highest BCUT2D eigenvalue weighted by molar-refractivity contribution is 7.16. The van der Waals surface area contributed by atoms with Crippen LogP contribution in [0.5, 0.6) is 5.88 Å². The van der Waals surface area contributed by atoms with Crippen LogP contribution < -0.4 is 9.64 Å². The van der Waals surface area contributed by atoms with E-state index in [2.05, 4.69) is 4.98 Å². The summed E-state index contributed by atoms with van der Waals surface area (Å²) in [4.78, 5) is 7.26. The lowest BCUT2D eigenvalue weighted by atomic mass is 10.4. The molecule has 0 amide bonds. The van der Waals surface area contributed by atoms with Crippen molar-refractivity contribution in [2.24, 2.45) is 0 Å². The number of aromatic nitrogens is 1. The van der Waals surface area contributed by atoms with Crippen LogP contribution in [-0.4, -0.2) is 32.1 Å². The van der Waals surface area contributed by atoms with E-state index in [-0.39, 0.29) is 0 Å². The molecule has 0 radical (unpaired) electrons. The van der Waals surface area contributed by atoms with Crippen molar-refractivity contribution in [1.29, 1.82) is 0 Å². The molecule has 1 aromatic rings. The Morgan fingerprint density at radius 3 is 2.79 bits per heavy atom. The molecule has 0 spiro atoms. The second-order valence-corrected chi connectivity index (χ2v) is 4.14. The van der Waals surface area contributed by atoms with E-state index < -0.39 is 0 Å². The molecule has 0 aliphatic rings. The summed E-state index contributed by atoms with van der Waals surface area (Å²) in [6.07, 6.45) is 3.80. The molecule has 0 atom stereocenters. The summed E-state index contributed by atoms with van der Waals surface area (Å²) in [5, 5.41) is 0.927. The number of anilines is 1. The van der Waals surface area contributed by atoms with Crippen molar-refractivity contribution in [3.05, 3.63) is 11.0 Å². The number of ether oxygens (including phenoxy) is 1. The van der Waals surface area contributed by atoms with Gasteiger partial charge in [0.15, 0.2) is 5.13 Å². The molecule has 0 bridgehead atoms. The van der Waals surface area contributed by atoms with Crippen LogP contribution in [0.15, 0.2) is 6.08 Å². The van der Waals surface area contributed by atoms with Gasteiger partial charge in [-0.05, 0) is 6.08 Å². The van der Waals surface area contributed by atoms with E-state index in [1.807, 2.05) is 31.1 Å². The van der Waals surface area contributed by atoms with Crippen molar-refractivity contribution in [3.63, 3.8) is 0 Å². The second kappa shape index (κ2) is 5.22. The molecule has 0 aromatic carbocycles. The first-order valence-corrected chi connectivity index (χ1v) is 5.48. The Bertz CT molecular complexity index is 323. The number of nitrogens with zero attached hydrogens (tertiary/aromatic N) is 2. The van der Waals surface area contributed by atoms with E-state index in [1.54, 1.807) is 18.4 Å². The summed E-state index contributed by atoms with van der Waals surface area (Å²) in [6, 6.07) is 0. The summed E-state index contributed by atoms with van der Waals surface area (Å²) in [5.74, 6) is 1.15. The average Bonchev–Trinajstić information content (AvgIpc) is 2.57. The van der Waals surface area contributed by atoms with Crippen LogP contribution in [0.3, 0.4) is 0 Å². The molecule has 14 heavy (non-hydrogen) atoms. The first kappa shape index (κ1) is 11.3. The Kier molecular flexibility index (Phi) is 4.22. The Morgan fingerprint density at radius 2 is 2.29 bits per heavy atom. The van der Waals surface area contributed by atoms with Crippen molar-refractivity contribution in [2.75, 3.05) is 32.0 Å². The third kappa shape index (κ3) is 2.62. The molecule has 0 aliphatic carbocycles. The second-order valence-electron chi connectivity index (χ2n) is 2.82. The summed E-state index contributed by atoms with van der Waals surface area (Å²) in [5.41, 5.74) is 0. The molecule has 0 unspecified atom stereocenters. The van der Waals surface area contributed by atoms with Crippen molar-refractivity contribution in [2.45, 2.75) is 0 Å². The Morgan fingerprint density at radius 1 is 1.57 bits per heavy atom. The average molecular weight is 233 g/mol. The summed E-state index contributed by atoms with van der Waals surface area (Å²) in [6.45, 7) is 0. The van der Waals surface area contributed by atoms with Gasteiger partial charge in [0, 0.05) is 20.0 Å². The van der Waals surface area contributed by atoms with Crippen LogP contribution in [0.4, 0.5) is 5.13 Å². The van der Waals surface area contributed by atoms with Crippen LogP contribution >= 0.6 is 22.9 Å². The zero-order valence-corrected chi connectivity index (χ0v) is 10.0. The quantitative estimate of drug-likeness (QED) is 0.746. The molecule has 3 nitrogen and oxygen atoms in total. The van der Waals surface area contributed by atoms with Gasteiger partial charge >= 0.3 is 0 Å². The SMILES string of the molecule is COc1nc(N(C)C)sc1C=CCCl. The molecule has 78 valence electrons. The number of thiazole rings is 1. The molecule has 0 saturated heterocycles. The van der Waals surface area contributed by atoms with E-state index in [1.165, 1.54) is 0 Å². The van der Waals surface area contributed by atoms with E-state index in [0.717, 1.165) is 10.0 Å². The highest BCUT2D eigenvalue weighted by Crippen LogP contribution is 2.31. The number of methoxy groups -OCH3 is 1. The van der Waals surface area contributed by atoms with E-state index >= 15 is 0 Å². The van der Waals surface area contributed by atoms with Gasteiger partial charge < -0.3 is 9.64 Å². The van der Waals surface area contributed by atoms with E-state index in [9.17, 15) is 0 Å². The zero-order chi connectivity index (χ0) is 10.6. The fourth-order valence-corrected chi connectivity index (χ4v) is 1.88. The zero-order valence-electron chi connectivity index (χ0n) is 8.45. The molecular weight excluding hydrogens is 220 g/mol. The molecular formula is C9H13ClN2OS. The normalized spacial score (nSPS) is 10.9. The minimum atomic E-state index is 0.498. The van der Waals surface area contributed by atoms with E-state index in [0.29, 0.717) is 11.8 Å². The van der Waals surface area contributed by atoms with Crippen LogP contribution in [0, 0.1) is 0 Å². The molecule has 1 rings (SSSR count). The standard InChI is InChI=1S/C9H13ClN2OS/c1-12(2)9-11-8(13-3)7(14-9)5-4-6-10/h4-5H,6H2,1-3H3. The van der Waals surface area contributed by atoms with Gasteiger partial charge in [0.05, 0.1) is 12.0 Å². The van der Waals surface area contributed by atoms with Gasteiger partial charge in [0.2, 0.25) is 5.88 Å². The van der Waals surface area contributed by atoms with Gasteiger partial charge in [-0.25, -0.2) is 0 Å². The van der Waals surface area contributed by atoms with Gasteiger partial charge in [0.1, 0.15) is 0 Å². The fourth-order valence-electron chi connectivity index (χ4n) is 0.901. The van der Waals surface area contributed by atoms with E-state index in [4.69, 9.17) is 16.3 Å². The monoisotopic (exact) mass is 232 g/mol. The third-order valence-electron chi connectivity index (χ3n) is 1.54. The fraction of sp³-hybridized carbons (Fsp3) is 0.444. The van der Waals surface area contributed by atoms with Crippen LogP contribution in [0.25, 0.3) is 6.08 Å². The predicted molar refractivity (Wildman–Crippen MR) is 62.7 cm³/mol. The Balaban J connectivity index is 2.96. The number of halogens is 1. The van der Waals surface area contributed by atoms with Crippen molar-refractivity contribution >= 4 is 34.1 Å². The maximum Gasteiger partial charge on any atom is 0.233 e. The van der Waals surface area contributed by atoms with Crippen molar-refractivity contribution < 1.29 is 4.74 Å². The van der Waals surface area contributed by atoms with Crippen LogP contribution in [0.2, 0.25) is 0 Å². The molecule has 5 heteroatoms. The Hall–Kier alpha value is -0.740. The van der Waals surface area contributed by atoms with Crippen LogP contribution in [0.1, 0.15) is 4.88 Å². The summed E-state index contributed by atoms with van der Waals surface area (Å²) < 4.78 is 5.15. The van der Waals surface area contributed by atoms with Crippen molar-refractivity contribution in [1.82, 2.24) is 4.98 Å². The Labute approximate surface area is 93.0 Å².